The molecule has 0 saturated carbocycles. The lowest BCUT2D eigenvalue weighted by atomic mass is 9.95. The summed E-state index contributed by atoms with van der Waals surface area (Å²) in [5.74, 6) is 0.218. The minimum absolute atomic E-state index is 0.0519. The fourth-order valence-electron chi connectivity index (χ4n) is 2.89. The molecule has 23 heavy (non-hydrogen) atoms. The number of aryl methyl sites for hydroxylation is 1. The molecule has 1 aliphatic rings. The van der Waals surface area contributed by atoms with Crippen LogP contribution in [0.25, 0.3) is 11.5 Å². The molecule has 2 N–H and O–H groups in total. The predicted molar refractivity (Wildman–Crippen MR) is 84.5 cm³/mol. The van der Waals surface area contributed by atoms with Crippen molar-refractivity contribution in [1.82, 2.24) is 9.88 Å². The zero-order valence-corrected chi connectivity index (χ0v) is 13.0. The van der Waals surface area contributed by atoms with Gasteiger partial charge in [0.2, 0.25) is 5.91 Å². The van der Waals surface area contributed by atoms with Gasteiger partial charge in [0.05, 0.1) is 17.5 Å². The number of furan rings is 1. The fourth-order valence-corrected chi connectivity index (χ4v) is 2.89. The molecule has 2 aromatic rings. The van der Waals surface area contributed by atoms with Crippen LogP contribution < -0.4 is 5.73 Å². The highest BCUT2D eigenvalue weighted by Crippen LogP contribution is 2.22. The van der Waals surface area contributed by atoms with Crippen molar-refractivity contribution in [2.75, 3.05) is 13.1 Å². The van der Waals surface area contributed by atoms with Gasteiger partial charge in [0.25, 0.3) is 5.91 Å². The Balaban J connectivity index is 1.74. The van der Waals surface area contributed by atoms with Gasteiger partial charge in [-0.15, -0.1) is 0 Å². The van der Waals surface area contributed by atoms with E-state index in [0.717, 1.165) is 0 Å². The van der Waals surface area contributed by atoms with E-state index in [9.17, 15) is 9.59 Å². The molecular formula is C17H19N3O3. The number of carbonyl (C=O) groups excluding carboxylic acids is 2. The third-order valence-corrected chi connectivity index (χ3v) is 4.27. The van der Waals surface area contributed by atoms with Crippen molar-refractivity contribution < 1.29 is 14.0 Å². The topological polar surface area (TPSA) is 89.4 Å². The van der Waals surface area contributed by atoms with Crippen LogP contribution in [0.15, 0.2) is 34.9 Å². The fraction of sp³-hybridized carbons (Fsp3) is 0.353. The molecule has 0 unspecified atom stereocenters. The predicted octanol–water partition coefficient (Wildman–Crippen LogP) is 1.99. The second-order valence-electron chi connectivity index (χ2n) is 5.78. The highest BCUT2D eigenvalue weighted by Gasteiger charge is 2.27. The Hall–Kier alpha value is -2.63. The molecule has 0 atom stereocenters. The summed E-state index contributed by atoms with van der Waals surface area (Å²) in [6.07, 6.45) is 2.84. The average molecular weight is 313 g/mol. The largest absolute Gasteiger partial charge is 0.463 e. The molecule has 0 bridgehead atoms. The smallest absolute Gasteiger partial charge is 0.255 e. The van der Waals surface area contributed by atoms with E-state index < -0.39 is 0 Å². The maximum atomic E-state index is 12.6. The molecule has 1 saturated heterocycles. The van der Waals surface area contributed by atoms with Crippen LogP contribution in [0.3, 0.4) is 0 Å². The van der Waals surface area contributed by atoms with Crippen molar-refractivity contribution in [3.8, 4) is 11.5 Å². The van der Waals surface area contributed by atoms with Gasteiger partial charge >= 0.3 is 0 Å². The van der Waals surface area contributed by atoms with E-state index in [1.165, 1.54) is 0 Å². The molecule has 2 aromatic heterocycles. The molecule has 0 radical (unpaired) electrons. The summed E-state index contributed by atoms with van der Waals surface area (Å²) in [7, 11) is 0. The molecule has 6 nitrogen and oxygen atoms in total. The zero-order valence-electron chi connectivity index (χ0n) is 13.0. The van der Waals surface area contributed by atoms with Crippen LogP contribution in [-0.4, -0.2) is 34.8 Å². The van der Waals surface area contributed by atoms with Crippen molar-refractivity contribution in [2.45, 2.75) is 19.8 Å². The number of amides is 2. The number of aromatic nitrogens is 1. The average Bonchev–Trinajstić information content (AvgIpc) is 3.08. The SMILES string of the molecule is Cc1nc(-c2ccco2)ccc1C(=O)N1CCC(C(N)=O)CC1. The van der Waals surface area contributed by atoms with Crippen LogP contribution in [0.4, 0.5) is 0 Å². The summed E-state index contributed by atoms with van der Waals surface area (Å²) < 4.78 is 5.32. The van der Waals surface area contributed by atoms with Gasteiger partial charge in [0, 0.05) is 19.0 Å². The Kier molecular flexibility index (Phi) is 4.14. The first-order valence-electron chi connectivity index (χ1n) is 7.66. The van der Waals surface area contributed by atoms with Crippen LogP contribution in [0.5, 0.6) is 0 Å². The molecule has 1 fully saturated rings. The number of hydrogen-bond acceptors (Lipinski definition) is 4. The second kappa shape index (κ2) is 6.24. The molecule has 0 aromatic carbocycles. The minimum atomic E-state index is -0.280. The third-order valence-electron chi connectivity index (χ3n) is 4.27. The number of hydrogen-bond donors (Lipinski definition) is 1. The highest BCUT2D eigenvalue weighted by atomic mass is 16.3. The van der Waals surface area contributed by atoms with Gasteiger partial charge in [-0.1, -0.05) is 0 Å². The van der Waals surface area contributed by atoms with Gasteiger partial charge in [-0.05, 0) is 44.0 Å². The van der Waals surface area contributed by atoms with Gasteiger partial charge in [0.15, 0.2) is 5.76 Å². The molecule has 0 aliphatic carbocycles. The number of nitrogens with zero attached hydrogens (tertiary/aromatic N) is 2. The van der Waals surface area contributed by atoms with Crippen LogP contribution in [0.2, 0.25) is 0 Å². The van der Waals surface area contributed by atoms with E-state index in [2.05, 4.69) is 4.98 Å². The van der Waals surface area contributed by atoms with Gasteiger partial charge in [-0.3, -0.25) is 9.59 Å². The van der Waals surface area contributed by atoms with Gasteiger partial charge in [-0.25, -0.2) is 4.98 Å². The molecule has 2 amide bonds. The Morgan fingerprint density at radius 2 is 2.00 bits per heavy atom. The lowest BCUT2D eigenvalue weighted by Gasteiger charge is -2.30. The number of rotatable bonds is 3. The van der Waals surface area contributed by atoms with Crippen LogP contribution in [-0.2, 0) is 4.79 Å². The number of carbonyl (C=O) groups is 2. The van der Waals surface area contributed by atoms with E-state index in [1.807, 2.05) is 13.0 Å². The minimum Gasteiger partial charge on any atom is -0.463 e. The van der Waals surface area contributed by atoms with E-state index in [-0.39, 0.29) is 17.7 Å². The highest BCUT2D eigenvalue weighted by molar-refractivity contribution is 5.95. The Morgan fingerprint density at radius 1 is 1.26 bits per heavy atom. The number of nitrogens with two attached hydrogens (primary N) is 1. The van der Waals surface area contributed by atoms with E-state index in [0.29, 0.717) is 48.6 Å². The summed E-state index contributed by atoms with van der Waals surface area (Å²) in [6, 6.07) is 7.20. The molecular weight excluding hydrogens is 294 g/mol. The van der Waals surface area contributed by atoms with Crippen LogP contribution >= 0.6 is 0 Å². The number of piperidine rings is 1. The third kappa shape index (κ3) is 3.11. The lowest BCUT2D eigenvalue weighted by molar-refractivity contribution is -0.123. The Bertz CT molecular complexity index is 717. The van der Waals surface area contributed by atoms with Crippen molar-refractivity contribution in [3.63, 3.8) is 0 Å². The number of pyridine rings is 1. The summed E-state index contributed by atoms with van der Waals surface area (Å²) in [4.78, 5) is 30.1. The molecule has 1 aliphatic heterocycles. The Morgan fingerprint density at radius 3 is 2.57 bits per heavy atom. The molecule has 3 heterocycles. The summed E-state index contributed by atoms with van der Waals surface area (Å²) >= 11 is 0. The summed E-state index contributed by atoms with van der Waals surface area (Å²) in [5.41, 5.74) is 7.28. The van der Waals surface area contributed by atoms with Crippen LogP contribution in [0.1, 0.15) is 28.9 Å². The molecule has 0 spiro atoms. The summed E-state index contributed by atoms with van der Waals surface area (Å²) in [5, 5.41) is 0. The maximum absolute atomic E-state index is 12.6. The maximum Gasteiger partial charge on any atom is 0.255 e. The van der Waals surface area contributed by atoms with Crippen molar-refractivity contribution >= 4 is 11.8 Å². The first-order valence-corrected chi connectivity index (χ1v) is 7.66. The zero-order chi connectivity index (χ0) is 16.4. The van der Waals surface area contributed by atoms with Crippen molar-refractivity contribution in [2.24, 2.45) is 11.7 Å². The first kappa shape index (κ1) is 15.3. The van der Waals surface area contributed by atoms with E-state index in [4.69, 9.17) is 10.2 Å². The normalized spacial score (nSPS) is 15.6. The van der Waals surface area contributed by atoms with Gasteiger partial charge < -0.3 is 15.1 Å². The standard InChI is InChI=1S/C17H19N3O3/c1-11-13(4-5-14(19-11)15-3-2-10-23-15)17(22)20-8-6-12(7-9-20)16(18)21/h2-5,10,12H,6-9H2,1H3,(H2,18,21). The molecule has 120 valence electrons. The molecule has 6 heteroatoms. The van der Waals surface area contributed by atoms with Gasteiger partial charge in [0.1, 0.15) is 5.69 Å². The quantitative estimate of drug-likeness (QED) is 0.938. The molecule has 3 rings (SSSR count). The van der Waals surface area contributed by atoms with E-state index in [1.54, 1.807) is 29.4 Å². The number of primary amides is 1. The number of likely N-dealkylation sites (tertiary alicyclic amines) is 1. The lowest BCUT2D eigenvalue weighted by Crippen LogP contribution is -2.42. The summed E-state index contributed by atoms with van der Waals surface area (Å²) in [6.45, 7) is 2.91. The first-order chi connectivity index (χ1) is 11.1. The van der Waals surface area contributed by atoms with Crippen molar-refractivity contribution in [3.05, 3.63) is 41.8 Å². The Labute approximate surface area is 134 Å². The van der Waals surface area contributed by atoms with Crippen molar-refractivity contribution in [1.29, 1.82) is 0 Å². The van der Waals surface area contributed by atoms with Gasteiger partial charge in [-0.2, -0.15) is 0 Å². The van der Waals surface area contributed by atoms with E-state index >= 15 is 0 Å². The monoisotopic (exact) mass is 313 g/mol. The second-order valence-corrected chi connectivity index (χ2v) is 5.78. The van der Waals surface area contributed by atoms with Crippen LogP contribution in [0, 0.1) is 12.8 Å².